The molecule has 3 aliphatic rings. The monoisotopic (exact) mass is 397 g/mol. The first-order chi connectivity index (χ1) is 12.8. The number of fused-ring (bicyclic) bond motifs is 2. The number of carbonyl (C=O) groups is 1. The Hall–Kier alpha value is -1.45. The predicted molar refractivity (Wildman–Crippen MR) is 97.8 cm³/mol. The average Bonchev–Trinajstić information content (AvgIpc) is 3.15. The number of aromatic nitrogens is 1. The van der Waals surface area contributed by atoms with Gasteiger partial charge >= 0.3 is 0 Å². The Bertz CT molecular complexity index is 786. The molecule has 3 fully saturated rings. The summed E-state index contributed by atoms with van der Waals surface area (Å²) in [6, 6.07) is 2.07. The van der Waals surface area contributed by atoms with Crippen molar-refractivity contribution in [1.82, 2.24) is 14.4 Å². The van der Waals surface area contributed by atoms with Crippen molar-refractivity contribution in [3.8, 4) is 0 Å². The molecule has 2 bridgehead atoms. The van der Waals surface area contributed by atoms with Gasteiger partial charge in [-0.25, -0.2) is 12.7 Å². The van der Waals surface area contributed by atoms with Gasteiger partial charge in [-0.3, -0.25) is 4.79 Å². The van der Waals surface area contributed by atoms with E-state index in [1.165, 1.54) is 10.6 Å². The second kappa shape index (κ2) is 7.18. The Labute approximate surface area is 159 Å². The lowest BCUT2D eigenvalue weighted by molar-refractivity contribution is -0.0690. The summed E-state index contributed by atoms with van der Waals surface area (Å²) in [5.41, 5.74) is 0.386. The molecule has 9 heteroatoms. The third-order valence-corrected chi connectivity index (χ3v) is 7.33. The Balaban J connectivity index is 1.33. The molecule has 1 unspecified atom stereocenters. The maximum atomic E-state index is 12.8. The molecule has 1 amide bonds. The van der Waals surface area contributed by atoms with Gasteiger partial charge in [-0.05, 0) is 45.4 Å². The second-order valence-electron chi connectivity index (χ2n) is 8.01. The van der Waals surface area contributed by atoms with Crippen LogP contribution in [0.3, 0.4) is 0 Å². The van der Waals surface area contributed by atoms with Gasteiger partial charge in [0.25, 0.3) is 5.91 Å². The van der Waals surface area contributed by atoms with Gasteiger partial charge in [-0.2, -0.15) is 0 Å². The molecule has 0 aliphatic carbocycles. The van der Waals surface area contributed by atoms with Gasteiger partial charge in [0.05, 0.1) is 18.5 Å². The van der Waals surface area contributed by atoms with Crippen molar-refractivity contribution in [2.45, 2.75) is 69.7 Å². The van der Waals surface area contributed by atoms with E-state index >= 15 is 0 Å². The predicted octanol–water partition coefficient (Wildman–Crippen LogP) is 1.56. The van der Waals surface area contributed by atoms with E-state index in [-0.39, 0.29) is 30.2 Å². The van der Waals surface area contributed by atoms with E-state index in [0.717, 1.165) is 38.5 Å². The van der Waals surface area contributed by atoms with Crippen LogP contribution in [0.15, 0.2) is 10.6 Å². The van der Waals surface area contributed by atoms with Crippen molar-refractivity contribution >= 4 is 15.9 Å². The fourth-order valence-electron chi connectivity index (χ4n) is 4.74. The summed E-state index contributed by atoms with van der Waals surface area (Å²) >= 11 is 0. The molecule has 1 aromatic heterocycles. The first-order valence-electron chi connectivity index (χ1n) is 9.68. The van der Waals surface area contributed by atoms with Crippen molar-refractivity contribution in [2.75, 3.05) is 19.3 Å². The highest BCUT2D eigenvalue weighted by Crippen LogP contribution is 2.38. The van der Waals surface area contributed by atoms with Crippen LogP contribution in [0.4, 0.5) is 0 Å². The van der Waals surface area contributed by atoms with E-state index in [2.05, 4.69) is 5.16 Å². The topological polar surface area (TPSA) is 93.0 Å². The van der Waals surface area contributed by atoms with E-state index in [1.54, 1.807) is 13.0 Å². The highest BCUT2D eigenvalue weighted by molar-refractivity contribution is 7.88. The Kier molecular flexibility index (Phi) is 5.02. The fourth-order valence-corrected chi connectivity index (χ4v) is 5.62. The number of piperidine rings is 2. The van der Waals surface area contributed by atoms with Gasteiger partial charge in [-0.15, -0.1) is 0 Å². The van der Waals surface area contributed by atoms with Crippen LogP contribution in [0.1, 0.15) is 54.8 Å². The van der Waals surface area contributed by atoms with E-state index < -0.39 is 10.0 Å². The molecule has 3 aliphatic heterocycles. The number of carbonyl (C=O) groups excluding carboxylic acids is 1. The highest BCUT2D eigenvalue weighted by atomic mass is 32.2. The molecule has 8 nitrogen and oxygen atoms in total. The van der Waals surface area contributed by atoms with Gasteiger partial charge < -0.3 is 14.2 Å². The first kappa shape index (κ1) is 18.9. The largest absolute Gasteiger partial charge is 0.375 e. The fraction of sp³-hybridized carbons (Fsp3) is 0.778. The van der Waals surface area contributed by atoms with Crippen LogP contribution in [0.5, 0.6) is 0 Å². The zero-order valence-electron chi connectivity index (χ0n) is 15.8. The minimum absolute atomic E-state index is 0.0424. The van der Waals surface area contributed by atoms with Gasteiger partial charge in [-0.1, -0.05) is 5.16 Å². The molecule has 0 spiro atoms. The Morgan fingerprint density at radius 3 is 2.30 bits per heavy atom. The SMILES string of the molecule is Cc1cc(C(=O)N2[C@@H]3CC[C@H]2CC(OC2CCN(S(C)(=O)=O)CC2)C3)no1. The summed E-state index contributed by atoms with van der Waals surface area (Å²) in [7, 11) is -3.11. The number of rotatable bonds is 4. The van der Waals surface area contributed by atoms with Crippen LogP contribution in [-0.2, 0) is 14.8 Å². The molecule has 27 heavy (non-hydrogen) atoms. The molecule has 3 atom stereocenters. The lowest BCUT2D eigenvalue weighted by Gasteiger charge is -2.40. The molecule has 3 saturated heterocycles. The number of ether oxygens (including phenoxy) is 1. The Morgan fingerprint density at radius 2 is 1.78 bits per heavy atom. The highest BCUT2D eigenvalue weighted by Gasteiger charge is 2.45. The van der Waals surface area contributed by atoms with Crippen molar-refractivity contribution in [2.24, 2.45) is 0 Å². The van der Waals surface area contributed by atoms with Crippen LogP contribution in [0.2, 0.25) is 0 Å². The summed E-state index contributed by atoms with van der Waals surface area (Å²) in [4.78, 5) is 14.8. The molecule has 4 rings (SSSR count). The zero-order valence-corrected chi connectivity index (χ0v) is 16.7. The van der Waals surface area contributed by atoms with E-state index in [1.807, 2.05) is 4.90 Å². The number of hydrogen-bond donors (Lipinski definition) is 0. The van der Waals surface area contributed by atoms with Crippen molar-refractivity contribution < 1.29 is 22.5 Å². The lowest BCUT2D eigenvalue weighted by Crippen LogP contribution is -2.50. The molecular weight excluding hydrogens is 370 g/mol. The molecule has 150 valence electrons. The molecule has 0 saturated carbocycles. The first-order valence-corrected chi connectivity index (χ1v) is 11.5. The zero-order chi connectivity index (χ0) is 19.2. The van der Waals surface area contributed by atoms with Crippen molar-refractivity contribution in [3.05, 3.63) is 17.5 Å². The minimum Gasteiger partial charge on any atom is -0.375 e. The van der Waals surface area contributed by atoms with Gasteiger partial charge in [0.2, 0.25) is 10.0 Å². The summed E-state index contributed by atoms with van der Waals surface area (Å²) in [5.74, 6) is 0.601. The number of nitrogens with zero attached hydrogens (tertiary/aromatic N) is 3. The standard InChI is InChI=1S/C18H27N3O5S/c1-12-9-17(19-26-12)18(22)21-13-3-4-14(21)11-16(10-13)25-15-5-7-20(8-6-15)27(2,23)24/h9,13-16H,3-8,10-11H2,1-2H3/t13-,14+,16?. The molecule has 1 aromatic rings. The third kappa shape index (κ3) is 3.90. The van der Waals surface area contributed by atoms with Crippen molar-refractivity contribution in [1.29, 1.82) is 0 Å². The molecular formula is C18H27N3O5S. The lowest BCUT2D eigenvalue weighted by atomic mass is 9.98. The summed E-state index contributed by atoms with van der Waals surface area (Å²) in [5, 5.41) is 3.88. The van der Waals surface area contributed by atoms with Gasteiger partial charge in [0.15, 0.2) is 5.69 Å². The third-order valence-electron chi connectivity index (χ3n) is 6.03. The number of sulfonamides is 1. The molecule has 0 radical (unpaired) electrons. The minimum atomic E-state index is -3.11. The van der Waals surface area contributed by atoms with Gasteiger partial charge in [0.1, 0.15) is 5.76 Å². The van der Waals surface area contributed by atoms with Crippen LogP contribution in [0, 0.1) is 6.92 Å². The van der Waals surface area contributed by atoms with Crippen LogP contribution in [-0.4, -0.2) is 72.3 Å². The number of hydrogen-bond acceptors (Lipinski definition) is 6. The normalized spacial score (nSPS) is 30.0. The smallest absolute Gasteiger partial charge is 0.276 e. The maximum absolute atomic E-state index is 12.8. The second-order valence-corrected chi connectivity index (χ2v) is 9.99. The average molecular weight is 397 g/mol. The maximum Gasteiger partial charge on any atom is 0.276 e. The van der Waals surface area contributed by atoms with Gasteiger partial charge in [0, 0.05) is 31.2 Å². The van der Waals surface area contributed by atoms with Crippen LogP contribution in [0.25, 0.3) is 0 Å². The van der Waals surface area contributed by atoms with E-state index in [4.69, 9.17) is 9.26 Å². The molecule has 4 heterocycles. The quantitative estimate of drug-likeness (QED) is 0.765. The molecule has 0 N–H and O–H groups in total. The van der Waals surface area contributed by atoms with E-state index in [0.29, 0.717) is 24.5 Å². The van der Waals surface area contributed by atoms with Crippen molar-refractivity contribution in [3.63, 3.8) is 0 Å². The van der Waals surface area contributed by atoms with E-state index in [9.17, 15) is 13.2 Å². The summed E-state index contributed by atoms with van der Waals surface area (Å²) < 4.78 is 36.2. The number of amides is 1. The summed E-state index contributed by atoms with van der Waals surface area (Å²) in [6.07, 6.45) is 6.65. The number of aryl methyl sites for hydroxylation is 1. The summed E-state index contributed by atoms with van der Waals surface area (Å²) in [6.45, 7) is 2.84. The molecule has 0 aromatic carbocycles. The van der Waals surface area contributed by atoms with Crippen LogP contribution < -0.4 is 0 Å². The Morgan fingerprint density at radius 1 is 1.15 bits per heavy atom. The van der Waals surface area contributed by atoms with Crippen LogP contribution >= 0.6 is 0 Å².